The van der Waals surface area contributed by atoms with Gasteiger partial charge in [0, 0.05) is 37.1 Å². The Morgan fingerprint density at radius 3 is 2.79 bits per heavy atom. The second kappa shape index (κ2) is 6.31. The number of nitrogens with one attached hydrogen (secondary N) is 2. The number of carbonyl (C=O) groups is 2. The number of nitrogens with zero attached hydrogens (tertiary/aromatic N) is 1. The van der Waals surface area contributed by atoms with Crippen LogP contribution in [0.1, 0.15) is 34.8 Å². The molecule has 2 aromatic rings. The van der Waals surface area contributed by atoms with E-state index in [1.165, 1.54) is 10.6 Å². The highest BCUT2D eigenvalue weighted by atomic mass is 16.2. The van der Waals surface area contributed by atoms with Crippen molar-refractivity contribution in [1.29, 1.82) is 0 Å². The molecule has 3 rings (SSSR count). The van der Waals surface area contributed by atoms with Gasteiger partial charge in [0.1, 0.15) is 0 Å². The van der Waals surface area contributed by atoms with E-state index in [4.69, 9.17) is 0 Å². The molecule has 0 unspecified atom stereocenters. The third-order valence-corrected chi connectivity index (χ3v) is 4.20. The summed E-state index contributed by atoms with van der Waals surface area (Å²) in [5, 5.41) is 5.69. The molecule has 0 bridgehead atoms. The van der Waals surface area contributed by atoms with Crippen LogP contribution >= 0.6 is 0 Å². The van der Waals surface area contributed by atoms with Crippen LogP contribution in [-0.2, 0) is 24.7 Å². The van der Waals surface area contributed by atoms with E-state index in [-0.39, 0.29) is 17.4 Å². The number of carbonyl (C=O) groups excluding carboxylic acids is 2. The standard InChI is InChI=1S/C18H19N3O3/c1-3-11-9-17(23)21(2)10-14(11)18(24)19-13-5-6-15-12(8-13)4-7-16(22)20-15/h5-6,8-10H,3-4,7H2,1-2H3,(H,19,24)(H,20,22). The van der Waals surface area contributed by atoms with Crippen LogP contribution in [0.2, 0.25) is 0 Å². The molecular formula is C18H19N3O3. The molecule has 0 spiro atoms. The van der Waals surface area contributed by atoms with Gasteiger partial charge in [-0.25, -0.2) is 0 Å². The summed E-state index contributed by atoms with van der Waals surface area (Å²) < 4.78 is 1.40. The molecule has 6 nitrogen and oxygen atoms in total. The molecule has 1 aliphatic heterocycles. The number of aryl methyl sites for hydroxylation is 3. The van der Waals surface area contributed by atoms with Crippen LogP contribution in [0.4, 0.5) is 11.4 Å². The van der Waals surface area contributed by atoms with Crippen molar-refractivity contribution < 1.29 is 9.59 Å². The SMILES string of the molecule is CCc1cc(=O)n(C)cc1C(=O)Nc1ccc2c(c1)CCC(=O)N2. The van der Waals surface area contributed by atoms with Gasteiger partial charge in [0.2, 0.25) is 5.91 Å². The Kier molecular flexibility index (Phi) is 4.20. The van der Waals surface area contributed by atoms with Crippen molar-refractivity contribution in [2.24, 2.45) is 7.05 Å². The average Bonchev–Trinajstić information content (AvgIpc) is 2.57. The molecule has 2 amide bonds. The third kappa shape index (κ3) is 3.08. The summed E-state index contributed by atoms with van der Waals surface area (Å²) in [5.41, 5.74) is 3.55. The minimum atomic E-state index is -0.248. The van der Waals surface area contributed by atoms with Gasteiger partial charge in [0.05, 0.1) is 5.56 Å². The molecule has 2 heterocycles. The van der Waals surface area contributed by atoms with E-state index < -0.39 is 0 Å². The minimum Gasteiger partial charge on any atom is -0.326 e. The minimum absolute atomic E-state index is 0.0112. The van der Waals surface area contributed by atoms with E-state index in [9.17, 15) is 14.4 Å². The summed E-state index contributed by atoms with van der Waals surface area (Å²) in [6, 6.07) is 6.93. The Morgan fingerprint density at radius 1 is 1.25 bits per heavy atom. The monoisotopic (exact) mass is 325 g/mol. The van der Waals surface area contributed by atoms with E-state index >= 15 is 0 Å². The van der Waals surface area contributed by atoms with Gasteiger partial charge in [-0.05, 0) is 42.2 Å². The quantitative estimate of drug-likeness (QED) is 0.907. The molecule has 124 valence electrons. The molecular weight excluding hydrogens is 306 g/mol. The van der Waals surface area contributed by atoms with Gasteiger partial charge in [0.15, 0.2) is 0 Å². The second-order valence-electron chi connectivity index (χ2n) is 5.89. The van der Waals surface area contributed by atoms with Crippen molar-refractivity contribution in [3.8, 4) is 0 Å². The number of hydrogen-bond acceptors (Lipinski definition) is 3. The number of benzene rings is 1. The first kappa shape index (κ1) is 16.0. The zero-order valence-electron chi connectivity index (χ0n) is 13.7. The van der Waals surface area contributed by atoms with Gasteiger partial charge in [-0.2, -0.15) is 0 Å². The summed E-state index contributed by atoms with van der Waals surface area (Å²) in [6.07, 6.45) is 3.28. The van der Waals surface area contributed by atoms with Gasteiger partial charge in [-0.3, -0.25) is 14.4 Å². The number of pyridine rings is 1. The Hall–Kier alpha value is -2.89. The van der Waals surface area contributed by atoms with E-state index in [2.05, 4.69) is 10.6 Å². The summed E-state index contributed by atoms with van der Waals surface area (Å²) in [7, 11) is 1.63. The summed E-state index contributed by atoms with van der Waals surface area (Å²) in [6.45, 7) is 1.91. The molecule has 1 aromatic heterocycles. The van der Waals surface area contributed by atoms with Crippen molar-refractivity contribution in [3.63, 3.8) is 0 Å². The van der Waals surface area contributed by atoms with Gasteiger partial charge in [-0.15, -0.1) is 0 Å². The van der Waals surface area contributed by atoms with E-state index in [1.54, 1.807) is 25.4 Å². The molecule has 0 aliphatic carbocycles. The summed E-state index contributed by atoms with van der Waals surface area (Å²) in [5.74, 6) is -0.237. The largest absolute Gasteiger partial charge is 0.326 e. The molecule has 1 aliphatic rings. The highest BCUT2D eigenvalue weighted by molar-refractivity contribution is 6.05. The number of anilines is 2. The molecule has 0 saturated heterocycles. The van der Waals surface area contributed by atoms with Crippen molar-refractivity contribution in [2.45, 2.75) is 26.2 Å². The Balaban J connectivity index is 1.87. The van der Waals surface area contributed by atoms with Crippen LogP contribution in [0.15, 0.2) is 35.3 Å². The zero-order chi connectivity index (χ0) is 17.3. The first-order valence-electron chi connectivity index (χ1n) is 7.91. The predicted octanol–water partition coefficient (Wildman–Crippen LogP) is 2.08. The van der Waals surface area contributed by atoms with Crippen molar-refractivity contribution >= 4 is 23.2 Å². The van der Waals surface area contributed by atoms with Gasteiger partial charge >= 0.3 is 0 Å². The number of aromatic nitrogens is 1. The number of amides is 2. The fourth-order valence-electron chi connectivity index (χ4n) is 2.83. The summed E-state index contributed by atoms with van der Waals surface area (Å²) >= 11 is 0. The predicted molar refractivity (Wildman–Crippen MR) is 92.4 cm³/mol. The molecule has 2 N–H and O–H groups in total. The van der Waals surface area contributed by atoms with Crippen molar-refractivity contribution in [1.82, 2.24) is 4.57 Å². The van der Waals surface area contributed by atoms with E-state index in [0.29, 0.717) is 30.5 Å². The van der Waals surface area contributed by atoms with E-state index in [1.807, 2.05) is 13.0 Å². The van der Waals surface area contributed by atoms with Gasteiger partial charge in [0.25, 0.3) is 11.5 Å². The normalized spacial score (nSPS) is 13.2. The molecule has 24 heavy (non-hydrogen) atoms. The molecule has 0 saturated carbocycles. The van der Waals surface area contributed by atoms with Gasteiger partial charge < -0.3 is 15.2 Å². The topological polar surface area (TPSA) is 80.2 Å². The lowest BCUT2D eigenvalue weighted by Gasteiger charge is -2.18. The fourth-order valence-corrected chi connectivity index (χ4v) is 2.83. The molecule has 0 fully saturated rings. The van der Waals surface area contributed by atoms with Crippen LogP contribution in [0.25, 0.3) is 0 Å². The smallest absolute Gasteiger partial charge is 0.257 e. The van der Waals surface area contributed by atoms with Crippen LogP contribution in [0, 0.1) is 0 Å². The highest BCUT2D eigenvalue weighted by Crippen LogP contribution is 2.26. The number of rotatable bonds is 3. The zero-order valence-corrected chi connectivity index (χ0v) is 13.7. The lowest BCUT2D eigenvalue weighted by atomic mass is 10.0. The maximum Gasteiger partial charge on any atom is 0.257 e. The fraction of sp³-hybridized carbons (Fsp3) is 0.278. The lowest BCUT2D eigenvalue weighted by Crippen LogP contribution is -2.23. The first-order chi connectivity index (χ1) is 11.5. The molecule has 0 radical (unpaired) electrons. The average molecular weight is 325 g/mol. The Labute approximate surface area is 139 Å². The maximum atomic E-state index is 12.6. The van der Waals surface area contributed by atoms with Crippen LogP contribution in [-0.4, -0.2) is 16.4 Å². The Morgan fingerprint density at radius 2 is 2.04 bits per heavy atom. The highest BCUT2D eigenvalue weighted by Gasteiger charge is 2.17. The maximum absolute atomic E-state index is 12.6. The van der Waals surface area contributed by atoms with Crippen LogP contribution in [0.5, 0.6) is 0 Å². The Bertz CT molecular complexity index is 884. The summed E-state index contributed by atoms with van der Waals surface area (Å²) in [4.78, 5) is 35.7. The van der Waals surface area contributed by atoms with Gasteiger partial charge in [-0.1, -0.05) is 6.92 Å². The first-order valence-corrected chi connectivity index (χ1v) is 7.91. The second-order valence-corrected chi connectivity index (χ2v) is 5.89. The van der Waals surface area contributed by atoms with Crippen molar-refractivity contribution in [2.75, 3.05) is 10.6 Å². The van der Waals surface area contributed by atoms with Crippen LogP contribution in [0.3, 0.4) is 0 Å². The number of hydrogen-bond donors (Lipinski definition) is 2. The number of fused-ring (bicyclic) bond motifs is 1. The van der Waals surface area contributed by atoms with Crippen molar-refractivity contribution in [3.05, 3.63) is 57.5 Å². The molecule has 0 atom stereocenters. The van der Waals surface area contributed by atoms with E-state index in [0.717, 1.165) is 16.8 Å². The lowest BCUT2D eigenvalue weighted by molar-refractivity contribution is -0.116. The molecule has 6 heteroatoms. The molecule has 1 aromatic carbocycles. The van der Waals surface area contributed by atoms with Crippen LogP contribution < -0.4 is 16.2 Å². The third-order valence-electron chi connectivity index (χ3n) is 4.20.